The second-order valence-electron chi connectivity index (χ2n) is 5.48. The lowest BCUT2D eigenvalue weighted by molar-refractivity contribution is 0.166. The molecule has 2 heterocycles. The number of halogens is 1. The van der Waals surface area contributed by atoms with Crippen molar-refractivity contribution in [2.24, 2.45) is 16.6 Å². The zero-order chi connectivity index (χ0) is 14.3. The van der Waals surface area contributed by atoms with Crippen LogP contribution in [0.3, 0.4) is 0 Å². The fourth-order valence-electron chi connectivity index (χ4n) is 3.02. The number of anilines is 1. The minimum Gasteiger partial charge on any atom is -0.399 e. The van der Waals surface area contributed by atoms with Crippen LogP contribution in [0.4, 0.5) is 10.1 Å². The number of ether oxygens (including phenoxy) is 1. The minimum absolute atomic E-state index is 0.102. The molecule has 20 heavy (non-hydrogen) atoms. The van der Waals surface area contributed by atoms with Crippen molar-refractivity contribution < 1.29 is 9.13 Å². The van der Waals surface area contributed by atoms with E-state index < -0.39 is 5.54 Å². The van der Waals surface area contributed by atoms with E-state index in [9.17, 15) is 4.39 Å². The Hall–Kier alpha value is -1.27. The van der Waals surface area contributed by atoms with Gasteiger partial charge in [0.15, 0.2) is 0 Å². The Morgan fingerprint density at radius 3 is 3.00 bits per heavy atom. The molecule has 0 amide bonds. The van der Waals surface area contributed by atoms with Gasteiger partial charge in [0.25, 0.3) is 0 Å². The summed E-state index contributed by atoms with van der Waals surface area (Å²) in [5.41, 5.74) is 12.1. The van der Waals surface area contributed by atoms with Crippen molar-refractivity contribution in [3.63, 3.8) is 0 Å². The molecule has 2 aliphatic heterocycles. The highest BCUT2D eigenvalue weighted by atomic mass is 32.2. The molecule has 0 saturated carbocycles. The topological polar surface area (TPSA) is 73.6 Å². The molecule has 1 aromatic carbocycles. The Morgan fingerprint density at radius 2 is 2.20 bits per heavy atom. The maximum Gasteiger partial charge on any atom is 0.128 e. The second kappa shape index (κ2) is 4.93. The van der Waals surface area contributed by atoms with Crippen LogP contribution in [0.15, 0.2) is 23.2 Å². The molecule has 2 aliphatic rings. The third kappa shape index (κ3) is 2.16. The molecule has 0 aromatic heterocycles. The number of thioether (sulfide) groups is 1. The average molecular weight is 295 g/mol. The predicted octanol–water partition coefficient (Wildman–Crippen LogP) is 1.74. The third-order valence-corrected chi connectivity index (χ3v) is 5.46. The zero-order valence-electron chi connectivity index (χ0n) is 11.3. The van der Waals surface area contributed by atoms with Crippen LogP contribution in [-0.2, 0) is 10.3 Å². The molecule has 1 aromatic rings. The standard InChI is InChI=1S/C14H18FN3OS/c1-14(9-4-8(16)2-3-11(9)15)10-5-19-6-12(10)20-7-13(17)18-14/h2-4,10,12H,5-7,16H2,1H3,(H2,17,18)/t10?,12-,14+/m0/s1. The van der Waals surface area contributed by atoms with Gasteiger partial charge >= 0.3 is 0 Å². The summed E-state index contributed by atoms with van der Waals surface area (Å²) < 4.78 is 19.9. The summed E-state index contributed by atoms with van der Waals surface area (Å²) in [6, 6.07) is 4.62. The first kappa shape index (κ1) is 13.7. The van der Waals surface area contributed by atoms with Crippen LogP contribution in [0.1, 0.15) is 12.5 Å². The molecule has 6 heteroatoms. The van der Waals surface area contributed by atoms with Gasteiger partial charge in [-0.05, 0) is 25.1 Å². The van der Waals surface area contributed by atoms with Crippen molar-refractivity contribution in [3.8, 4) is 0 Å². The van der Waals surface area contributed by atoms with Crippen molar-refractivity contribution >= 4 is 23.3 Å². The summed E-state index contributed by atoms with van der Waals surface area (Å²) in [6.07, 6.45) is 0. The molecule has 0 bridgehead atoms. The highest BCUT2D eigenvalue weighted by Crippen LogP contribution is 2.45. The summed E-state index contributed by atoms with van der Waals surface area (Å²) in [7, 11) is 0. The number of hydrogen-bond donors (Lipinski definition) is 2. The van der Waals surface area contributed by atoms with E-state index in [2.05, 4.69) is 4.99 Å². The highest BCUT2D eigenvalue weighted by molar-refractivity contribution is 8.00. The van der Waals surface area contributed by atoms with Gasteiger partial charge < -0.3 is 16.2 Å². The summed E-state index contributed by atoms with van der Waals surface area (Å²) in [4.78, 5) is 4.62. The molecule has 0 aliphatic carbocycles. The number of nitrogen functional groups attached to an aromatic ring is 1. The van der Waals surface area contributed by atoms with Crippen LogP contribution in [-0.4, -0.2) is 30.1 Å². The van der Waals surface area contributed by atoms with Gasteiger partial charge in [0.05, 0.1) is 24.5 Å². The summed E-state index contributed by atoms with van der Waals surface area (Å²) in [5.74, 6) is 1.01. The fourth-order valence-corrected chi connectivity index (χ4v) is 4.24. The number of benzene rings is 1. The highest BCUT2D eigenvalue weighted by Gasteiger charge is 2.47. The van der Waals surface area contributed by atoms with Gasteiger partial charge in [-0.2, -0.15) is 0 Å². The Labute approximate surface area is 121 Å². The van der Waals surface area contributed by atoms with E-state index in [0.717, 1.165) is 0 Å². The molecule has 3 atom stereocenters. The normalized spacial score (nSPS) is 33.4. The van der Waals surface area contributed by atoms with E-state index in [4.69, 9.17) is 16.2 Å². The molecule has 4 nitrogen and oxygen atoms in total. The molecule has 3 rings (SSSR count). The van der Waals surface area contributed by atoms with Crippen LogP contribution in [0.2, 0.25) is 0 Å². The number of rotatable bonds is 1. The first-order chi connectivity index (χ1) is 9.50. The Balaban J connectivity index is 2.14. The molecule has 108 valence electrons. The lowest BCUT2D eigenvalue weighted by atomic mass is 9.79. The average Bonchev–Trinajstić information content (AvgIpc) is 2.84. The van der Waals surface area contributed by atoms with Gasteiger partial charge in [-0.15, -0.1) is 11.8 Å². The predicted molar refractivity (Wildman–Crippen MR) is 80.3 cm³/mol. The molecule has 1 saturated heterocycles. The first-order valence-corrected chi connectivity index (χ1v) is 7.64. The second-order valence-corrected chi connectivity index (χ2v) is 6.71. The molecule has 1 unspecified atom stereocenters. The zero-order valence-corrected chi connectivity index (χ0v) is 12.1. The molecule has 1 fully saturated rings. The van der Waals surface area contributed by atoms with E-state index in [1.165, 1.54) is 6.07 Å². The molecule has 0 radical (unpaired) electrons. The maximum atomic E-state index is 14.3. The van der Waals surface area contributed by atoms with Gasteiger partial charge in [0.2, 0.25) is 0 Å². The molecular formula is C14H18FN3OS. The Kier molecular flexibility index (Phi) is 3.38. The molecule has 4 N–H and O–H groups in total. The van der Waals surface area contributed by atoms with E-state index in [1.807, 2.05) is 6.92 Å². The number of fused-ring (bicyclic) bond motifs is 1. The van der Waals surface area contributed by atoms with E-state index in [0.29, 0.717) is 36.1 Å². The summed E-state index contributed by atoms with van der Waals surface area (Å²) in [6.45, 7) is 3.16. The number of hydrogen-bond acceptors (Lipinski definition) is 5. The number of nitrogens with zero attached hydrogens (tertiary/aromatic N) is 1. The Morgan fingerprint density at radius 1 is 1.40 bits per heavy atom. The number of amidine groups is 1. The van der Waals surface area contributed by atoms with Gasteiger partial charge in [-0.1, -0.05) is 0 Å². The molecule has 0 spiro atoms. The lowest BCUT2D eigenvalue weighted by Crippen LogP contribution is -2.37. The van der Waals surface area contributed by atoms with Gasteiger partial charge in [-0.3, -0.25) is 4.99 Å². The van der Waals surface area contributed by atoms with Gasteiger partial charge in [0.1, 0.15) is 11.7 Å². The van der Waals surface area contributed by atoms with E-state index in [1.54, 1.807) is 23.9 Å². The van der Waals surface area contributed by atoms with Crippen molar-refractivity contribution in [2.45, 2.75) is 17.7 Å². The monoisotopic (exact) mass is 295 g/mol. The molecular weight excluding hydrogens is 277 g/mol. The van der Waals surface area contributed by atoms with Crippen molar-refractivity contribution in [2.75, 3.05) is 24.7 Å². The van der Waals surface area contributed by atoms with Crippen molar-refractivity contribution in [3.05, 3.63) is 29.6 Å². The summed E-state index contributed by atoms with van der Waals surface area (Å²) in [5, 5.41) is 0.283. The quantitative estimate of drug-likeness (QED) is 0.774. The largest absolute Gasteiger partial charge is 0.399 e. The van der Waals surface area contributed by atoms with Crippen LogP contribution in [0.25, 0.3) is 0 Å². The van der Waals surface area contributed by atoms with Crippen LogP contribution in [0, 0.1) is 11.7 Å². The van der Waals surface area contributed by atoms with Gasteiger partial charge in [0, 0.05) is 22.4 Å². The maximum absolute atomic E-state index is 14.3. The number of nitrogens with two attached hydrogens (primary N) is 2. The smallest absolute Gasteiger partial charge is 0.128 e. The van der Waals surface area contributed by atoms with E-state index in [-0.39, 0.29) is 17.0 Å². The number of aliphatic imine (C=N–C) groups is 1. The Bertz CT molecular complexity index is 565. The van der Waals surface area contributed by atoms with Gasteiger partial charge in [-0.25, -0.2) is 4.39 Å². The first-order valence-electron chi connectivity index (χ1n) is 6.60. The SMILES string of the molecule is C[C@]1(c2cc(N)ccc2F)N=C(N)CS[C@H]2COCC21. The third-order valence-electron chi connectivity index (χ3n) is 4.11. The van der Waals surface area contributed by atoms with Crippen LogP contribution in [0.5, 0.6) is 0 Å². The van der Waals surface area contributed by atoms with Crippen LogP contribution < -0.4 is 11.5 Å². The van der Waals surface area contributed by atoms with Crippen molar-refractivity contribution in [1.29, 1.82) is 0 Å². The van der Waals surface area contributed by atoms with Crippen molar-refractivity contribution in [1.82, 2.24) is 0 Å². The van der Waals surface area contributed by atoms with Crippen LogP contribution >= 0.6 is 11.8 Å². The van der Waals surface area contributed by atoms with E-state index >= 15 is 0 Å². The minimum atomic E-state index is -0.728. The lowest BCUT2D eigenvalue weighted by Gasteiger charge is -2.33. The summed E-state index contributed by atoms with van der Waals surface area (Å²) >= 11 is 1.74. The fraction of sp³-hybridized carbons (Fsp3) is 0.500.